The predicted molar refractivity (Wildman–Crippen MR) is 76.0 cm³/mol. The van der Waals surface area contributed by atoms with Crippen LogP contribution in [0.2, 0.25) is 0 Å². The average molecular weight is 251 g/mol. The molecule has 0 aliphatic heterocycles. The molecule has 0 aliphatic carbocycles. The van der Waals surface area contributed by atoms with Gasteiger partial charge in [-0.05, 0) is 25.6 Å². The second-order valence-corrected chi connectivity index (χ2v) is 4.81. The Labute approximate surface area is 108 Å². The molecule has 0 saturated heterocycles. The van der Waals surface area contributed by atoms with Crippen molar-refractivity contribution < 1.29 is 4.74 Å². The van der Waals surface area contributed by atoms with Crippen molar-refractivity contribution in [2.75, 3.05) is 19.4 Å². The number of hydrogen-bond acceptors (Lipinski definition) is 3. The van der Waals surface area contributed by atoms with E-state index >= 15 is 0 Å². The Morgan fingerprint density at radius 3 is 2.88 bits per heavy atom. The van der Waals surface area contributed by atoms with Gasteiger partial charge in [-0.3, -0.25) is 0 Å². The summed E-state index contributed by atoms with van der Waals surface area (Å²) in [6.07, 6.45) is 1.92. The molecular weight excluding hydrogens is 230 g/mol. The molecule has 0 spiro atoms. The van der Waals surface area contributed by atoms with E-state index in [4.69, 9.17) is 4.74 Å². The van der Waals surface area contributed by atoms with Gasteiger partial charge in [0.25, 0.3) is 0 Å². The minimum absolute atomic E-state index is 0.295. The molecule has 1 rings (SSSR count). The summed E-state index contributed by atoms with van der Waals surface area (Å²) in [5.41, 5.74) is 1.24. The normalized spacial score (nSPS) is 12.2. The summed E-state index contributed by atoms with van der Waals surface area (Å²) in [4.78, 5) is 1.26. The van der Waals surface area contributed by atoms with Gasteiger partial charge in [-0.1, -0.05) is 19.1 Å². The quantitative estimate of drug-likeness (QED) is 0.590. The van der Waals surface area contributed by atoms with Crippen LogP contribution in [0.15, 0.2) is 35.7 Å². The molecule has 0 radical (unpaired) electrons. The lowest BCUT2D eigenvalue weighted by molar-refractivity contribution is 0.400. The molecule has 94 valence electrons. The van der Waals surface area contributed by atoms with Gasteiger partial charge in [-0.15, -0.1) is 18.3 Å². The van der Waals surface area contributed by atoms with Crippen LogP contribution in [0, 0.1) is 0 Å². The first-order valence-corrected chi connectivity index (χ1v) is 6.87. The van der Waals surface area contributed by atoms with Gasteiger partial charge in [0.2, 0.25) is 0 Å². The molecule has 0 bridgehead atoms. The van der Waals surface area contributed by atoms with E-state index in [-0.39, 0.29) is 0 Å². The number of hydrogen-bond donors (Lipinski definition) is 1. The number of thioether (sulfide) groups is 1. The lowest BCUT2D eigenvalue weighted by Gasteiger charge is -2.19. The van der Waals surface area contributed by atoms with Gasteiger partial charge < -0.3 is 10.1 Å². The third kappa shape index (κ3) is 3.79. The van der Waals surface area contributed by atoms with E-state index in [0.29, 0.717) is 6.04 Å². The van der Waals surface area contributed by atoms with Gasteiger partial charge in [0, 0.05) is 22.3 Å². The van der Waals surface area contributed by atoms with E-state index in [9.17, 15) is 0 Å². The fraction of sp³-hybridized carbons (Fsp3) is 0.429. The first-order chi connectivity index (χ1) is 8.24. The molecule has 0 fully saturated rings. The minimum Gasteiger partial charge on any atom is -0.496 e. The molecule has 1 N–H and O–H groups in total. The van der Waals surface area contributed by atoms with E-state index in [0.717, 1.165) is 18.0 Å². The largest absolute Gasteiger partial charge is 0.496 e. The van der Waals surface area contributed by atoms with Crippen LogP contribution in [0.1, 0.15) is 25.5 Å². The Morgan fingerprint density at radius 2 is 2.29 bits per heavy atom. The van der Waals surface area contributed by atoms with Crippen LogP contribution >= 0.6 is 11.8 Å². The summed E-state index contributed by atoms with van der Waals surface area (Å²) in [5, 5.41) is 3.43. The zero-order valence-corrected chi connectivity index (χ0v) is 11.6. The first kappa shape index (κ1) is 14.1. The molecule has 0 aromatic heterocycles. The summed E-state index contributed by atoms with van der Waals surface area (Å²) in [6, 6.07) is 6.48. The van der Waals surface area contributed by atoms with Crippen molar-refractivity contribution in [1.82, 2.24) is 5.32 Å². The Balaban J connectivity index is 3.05. The number of nitrogens with one attached hydrogen (secondary N) is 1. The standard InChI is InChI=1S/C14H21NOS/c1-5-10-17-13-9-7-8-12(16-4)14(13)11(3)15-6-2/h5,7-9,11,15H,1,6,10H2,2-4H3. The molecule has 0 saturated carbocycles. The Hall–Kier alpha value is -0.930. The second kappa shape index (κ2) is 7.41. The summed E-state index contributed by atoms with van der Waals surface area (Å²) >= 11 is 1.79. The molecule has 0 heterocycles. The third-order valence-electron chi connectivity index (χ3n) is 2.55. The first-order valence-electron chi connectivity index (χ1n) is 5.88. The zero-order chi connectivity index (χ0) is 12.7. The lowest BCUT2D eigenvalue weighted by atomic mass is 10.1. The SMILES string of the molecule is C=CCSc1cccc(OC)c1C(C)NCC. The van der Waals surface area contributed by atoms with Crippen molar-refractivity contribution in [3.05, 3.63) is 36.4 Å². The zero-order valence-electron chi connectivity index (χ0n) is 10.8. The van der Waals surface area contributed by atoms with Gasteiger partial charge in [-0.25, -0.2) is 0 Å². The summed E-state index contributed by atoms with van der Waals surface area (Å²) in [7, 11) is 1.72. The third-order valence-corrected chi connectivity index (χ3v) is 3.62. The summed E-state index contributed by atoms with van der Waals surface area (Å²) in [6.45, 7) is 8.99. The fourth-order valence-corrected chi connectivity index (χ4v) is 2.72. The number of methoxy groups -OCH3 is 1. The average Bonchev–Trinajstić information content (AvgIpc) is 2.35. The molecule has 1 aromatic carbocycles. The molecule has 1 aromatic rings. The monoisotopic (exact) mass is 251 g/mol. The van der Waals surface area contributed by atoms with Crippen LogP contribution in [-0.4, -0.2) is 19.4 Å². The van der Waals surface area contributed by atoms with Gasteiger partial charge in [-0.2, -0.15) is 0 Å². The number of benzene rings is 1. The van der Waals surface area contributed by atoms with Crippen molar-refractivity contribution in [2.45, 2.75) is 24.8 Å². The van der Waals surface area contributed by atoms with Crippen molar-refractivity contribution in [3.63, 3.8) is 0 Å². The molecule has 2 nitrogen and oxygen atoms in total. The Kier molecular flexibility index (Phi) is 6.16. The molecule has 3 heteroatoms. The second-order valence-electron chi connectivity index (χ2n) is 3.75. The van der Waals surface area contributed by atoms with Crippen LogP contribution in [0.4, 0.5) is 0 Å². The van der Waals surface area contributed by atoms with Crippen molar-refractivity contribution in [2.24, 2.45) is 0 Å². The maximum absolute atomic E-state index is 5.45. The molecule has 0 aliphatic rings. The Morgan fingerprint density at radius 1 is 1.53 bits per heavy atom. The van der Waals surface area contributed by atoms with E-state index in [2.05, 4.69) is 31.8 Å². The molecular formula is C14H21NOS. The highest BCUT2D eigenvalue weighted by Crippen LogP contribution is 2.34. The minimum atomic E-state index is 0.295. The van der Waals surface area contributed by atoms with E-state index in [1.165, 1.54) is 10.5 Å². The van der Waals surface area contributed by atoms with Crippen LogP contribution in [0.25, 0.3) is 0 Å². The predicted octanol–water partition coefficient (Wildman–Crippen LogP) is 3.64. The van der Waals surface area contributed by atoms with E-state index in [1.807, 2.05) is 18.2 Å². The van der Waals surface area contributed by atoms with Crippen molar-refractivity contribution >= 4 is 11.8 Å². The van der Waals surface area contributed by atoms with Crippen molar-refractivity contribution in [1.29, 1.82) is 0 Å². The van der Waals surface area contributed by atoms with Crippen LogP contribution < -0.4 is 10.1 Å². The van der Waals surface area contributed by atoms with Gasteiger partial charge in [0.15, 0.2) is 0 Å². The smallest absolute Gasteiger partial charge is 0.124 e. The van der Waals surface area contributed by atoms with E-state index < -0.39 is 0 Å². The number of rotatable bonds is 7. The molecule has 0 amide bonds. The Bertz CT molecular complexity index is 365. The highest BCUT2D eigenvalue weighted by atomic mass is 32.2. The summed E-state index contributed by atoms with van der Waals surface area (Å²) in [5.74, 6) is 1.87. The van der Waals surface area contributed by atoms with Gasteiger partial charge >= 0.3 is 0 Å². The van der Waals surface area contributed by atoms with Crippen LogP contribution in [-0.2, 0) is 0 Å². The van der Waals surface area contributed by atoms with Crippen LogP contribution in [0.5, 0.6) is 5.75 Å². The maximum atomic E-state index is 5.45. The summed E-state index contributed by atoms with van der Waals surface area (Å²) < 4.78 is 5.45. The highest BCUT2D eigenvalue weighted by Gasteiger charge is 2.15. The van der Waals surface area contributed by atoms with Crippen LogP contribution in [0.3, 0.4) is 0 Å². The molecule has 1 atom stereocenters. The van der Waals surface area contributed by atoms with Crippen molar-refractivity contribution in [3.8, 4) is 5.75 Å². The van der Waals surface area contributed by atoms with E-state index in [1.54, 1.807) is 18.9 Å². The highest BCUT2D eigenvalue weighted by molar-refractivity contribution is 7.99. The maximum Gasteiger partial charge on any atom is 0.124 e. The van der Waals surface area contributed by atoms with Gasteiger partial charge in [0.1, 0.15) is 5.75 Å². The lowest BCUT2D eigenvalue weighted by Crippen LogP contribution is -2.19. The molecule has 17 heavy (non-hydrogen) atoms. The van der Waals surface area contributed by atoms with Gasteiger partial charge in [0.05, 0.1) is 7.11 Å². The number of ether oxygens (including phenoxy) is 1. The topological polar surface area (TPSA) is 21.3 Å². The molecule has 1 unspecified atom stereocenters. The fourth-order valence-electron chi connectivity index (χ4n) is 1.81.